The smallest absolute Gasteiger partial charge is 0.122 e. The summed E-state index contributed by atoms with van der Waals surface area (Å²) in [5, 5.41) is 13.9. The van der Waals surface area contributed by atoms with Crippen LogP contribution in [0.4, 0.5) is 0 Å². The van der Waals surface area contributed by atoms with Crippen molar-refractivity contribution in [2.45, 2.75) is 31.8 Å². The predicted molar refractivity (Wildman–Crippen MR) is 68.4 cm³/mol. The van der Waals surface area contributed by atoms with Crippen molar-refractivity contribution in [2.24, 2.45) is 0 Å². The van der Waals surface area contributed by atoms with Gasteiger partial charge in [0.15, 0.2) is 0 Å². The molecule has 2 rings (SSSR count). The average molecular weight is 235 g/mol. The summed E-state index contributed by atoms with van der Waals surface area (Å²) in [5.74, 6) is 0.906. The van der Waals surface area contributed by atoms with Gasteiger partial charge in [0, 0.05) is 6.54 Å². The molecule has 1 fully saturated rings. The molecule has 0 spiro atoms. The van der Waals surface area contributed by atoms with E-state index in [1.54, 1.807) is 7.11 Å². The maximum atomic E-state index is 10.6. The molecule has 0 aromatic heterocycles. The van der Waals surface area contributed by atoms with E-state index in [2.05, 4.69) is 18.3 Å². The summed E-state index contributed by atoms with van der Waals surface area (Å²) < 4.78 is 5.31. The number of piperidine rings is 1. The van der Waals surface area contributed by atoms with E-state index in [4.69, 9.17) is 4.74 Å². The fraction of sp³-hybridized carbons (Fsp3) is 0.571. The van der Waals surface area contributed by atoms with Crippen LogP contribution in [-0.4, -0.2) is 25.3 Å². The molecule has 0 aliphatic carbocycles. The van der Waals surface area contributed by atoms with E-state index in [-0.39, 0.29) is 0 Å². The number of aryl methyl sites for hydroxylation is 1. The van der Waals surface area contributed by atoms with E-state index in [9.17, 15) is 5.11 Å². The highest BCUT2D eigenvalue weighted by molar-refractivity contribution is 5.39. The minimum Gasteiger partial charge on any atom is -0.496 e. The molecule has 0 amide bonds. The lowest BCUT2D eigenvalue weighted by molar-refractivity contribution is 0.0122. The third-order valence-electron chi connectivity index (χ3n) is 3.56. The zero-order valence-corrected chi connectivity index (χ0v) is 10.6. The molecule has 94 valence electrons. The van der Waals surface area contributed by atoms with E-state index in [0.29, 0.717) is 6.54 Å². The standard InChI is InChI=1S/C14H21NO2/c1-3-11-9-12(5-6-13(11)17-2)14(16)7-4-8-15-10-14/h5-6,9,15-16H,3-4,7-8,10H2,1-2H3. The van der Waals surface area contributed by atoms with Gasteiger partial charge in [-0.3, -0.25) is 0 Å². The lowest BCUT2D eigenvalue weighted by Crippen LogP contribution is -2.43. The van der Waals surface area contributed by atoms with Crippen molar-refractivity contribution in [3.05, 3.63) is 29.3 Å². The van der Waals surface area contributed by atoms with Crippen LogP contribution in [0, 0.1) is 0 Å². The van der Waals surface area contributed by atoms with Gasteiger partial charge in [-0.15, -0.1) is 0 Å². The second-order valence-electron chi connectivity index (χ2n) is 4.69. The van der Waals surface area contributed by atoms with Crippen LogP contribution in [0.15, 0.2) is 18.2 Å². The molecular weight excluding hydrogens is 214 g/mol. The first-order valence-corrected chi connectivity index (χ1v) is 6.30. The Morgan fingerprint density at radius 2 is 2.29 bits per heavy atom. The number of aliphatic hydroxyl groups is 1. The maximum Gasteiger partial charge on any atom is 0.122 e. The Balaban J connectivity index is 2.32. The molecule has 1 unspecified atom stereocenters. The van der Waals surface area contributed by atoms with Gasteiger partial charge < -0.3 is 15.2 Å². The molecule has 0 bridgehead atoms. The van der Waals surface area contributed by atoms with Crippen LogP contribution in [-0.2, 0) is 12.0 Å². The Bertz CT molecular complexity index is 384. The van der Waals surface area contributed by atoms with Crippen molar-refractivity contribution in [3.8, 4) is 5.75 Å². The monoisotopic (exact) mass is 235 g/mol. The lowest BCUT2D eigenvalue weighted by atomic mass is 9.85. The number of nitrogens with one attached hydrogen (secondary N) is 1. The van der Waals surface area contributed by atoms with Crippen LogP contribution in [0.25, 0.3) is 0 Å². The highest BCUT2D eigenvalue weighted by atomic mass is 16.5. The second-order valence-corrected chi connectivity index (χ2v) is 4.69. The predicted octanol–water partition coefficient (Wildman–Crippen LogP) is 1.83. The zero-order valence-electron chi connectivity index (χ0n) is 10.6. The summed E-state index contributed by atoms with van der Waals surface area (Å²) in [6.45, 7) is 3.74. The number of rotatable bonds is 3. The van der Waals surface area contributed by atoms with E-state index >= 15 is 0 Å². The number of benzene rings is 1. The topological polar surface area (TPSA) is 41.5 Å². The van der Waals surface area contributed by atoms with Crippen molar-refractivity contribution in [1.29, 1.82) is 0 Å². The molecule has 1 saturated heterocycles. The van der Waals surface area contributed by atoms with Crippen molar-refractivity contribution in [2.75, 3.05) is 20.2 Å². The quantitative estimate of drug-likeness (QED) is 0.840. The summed E-state index contributed by atoms with van der Waals surface area (Å²) in [7, 11) is 1.69. The summed E-state index contributed by atoms with van der Waals surface area (Å²) >= 11 is 0. The molecule has 1 aliphatic heterocycles. The maximum absolute atomic E-state index is 10.6. The van der Waals surface area contributed by atoms with E-state index in [1.165, 1.54) is 0 Å². The van der Waals surface area contributed by atoms with Crippen LogP contribution in [0.5, 0.6) is 5.75 Å². The summed E-state index contributed by atoms with van der Waals surface area (Å²) in [6, 6.07) is 6.01. The number of hydrogen-bond acceptors (Lipinski definition) is 3. The van der Waals surface area contributed by atoms with Crippen molar-refractivity contribution >= 4 is 0 Å². The van der Waals surface area contributed by atoms with Crippen molar-refractivity contribution in [1.82, 2.24) is 5.32 Å². The fourth-order valence-electron chi connectivity index (χ4n) is 2.48. The van der Waals surface area contributed by atoms with Crippen LogP contribution in [0.3, 0.4) is 0 Å². The van der Waals surface area contributed by atoms with Gasteiger partial charge in [0.05, 0.1) is 7.11 Å². The highest BCUT2D eigenvalue weighted by Crippen LogP contribution is 2.31. The van der Waals surface area contributed by atoms with Crippen LogP contribution in [0.1, 0.15) is 30.9 Å². The largest absolute Gasteiger partial charge is 0.496 e. The lowest BCUT2D eigenvalue weighted by Gasteiger charge is -2.33. The van der Waals surface area contributed by atoms with Gasteiger partial charge in [0.1, 0.15) is 11.4 Å². The molecule has 2 N–H and O–H groups in total. The van der Waals surface area contributed by atoms with E-state index < -0.39 is 5.60 Å². The van der Waals surface area contributed by atoms with E-state index in [1.807, 2.05) is 12.1 Å². The van der Waals surface area contributed by atoms with Crippen molar-refractivity contribution in [3.63, 3.8) is 0 Å². The van der Waals surface area contributed by atoms with Gasteiger partial charge >= 0.3 is 0 Å². The molecule has 0 radical (unpaired) electrons. The number of methoxy groups -OCH3 is 1. The first-order chi connectivity index (χ1) is 8.19. The molecule has 17 heavy (non-hydrogen) atoms. The molecule has 1 aliphatic rings. The fourth-order valence-corrected chi connectivity index (χ4v) is 2.48. The second kappa shape index (κ2) is 5.07. The normalized spacial score (nSPS) is 24.6. The molecule has 1 aromatic carbocycles. The minimum atomic E-state index is -0.714. The Labute approximate surface area is 103 Å². The zero-order chi connectivity index (χ0) is 12.3. The molecule has 1 aromatic rings. The SMILES string of the molecule is CCc1cc(C2(O)CCCNC2)ccc1OC. The van der Waals surface area contributed by atoms with Gasteiger partial charge in [0.25, 0.3) is 0 Å². The third-order valence-corrected chi connectivity index (χ3v) is 3.56. The summed E-state index contributed by atoms with van der Waals surface area (Å²) in [6.07, 6.45) is 2.76. The first-order valence-electron chi connectivity index (χ1n) is 6.30. The van der Waals surface area contributed by atoms with E-state index in [0.717, 1.165) is 42.7 Å². The molecule has 0 saturated carbocycles. The number of β-amino-alcohol motifs (C(OH)–C–C–N with tert-alkyl or cyclic N) is 1. The highest BCUT2D eigenvalue weighted by Gasteiger charge is 2.31. The van der Waals surface area contributed by atoms with Gasteiger partial charge in [0.2, 0.25) is 0 Å². The van der Waals surface area contributed by atoms with Crippen molar-refractivity contribution < 1.29 is 9.84 Å². The van der Waals surface area contributed by atoms with Gasteiger partial charge in [-0.25, -0.2) is 0 Å². The first kappa shape index (κ1) is 12.4. The molecule has 3 heteroatoms. The summed E-state index contributed by atoms with van der Waals surface area (Å²) in [4.78, 5) is 0. The Morgan fingerprint density at radius 1 is 1.47 bits per heavy atom. The Kier molecular flexibility index (Phi) is 3.69. The van der Waals surface area contributed by atoms with Crippen LogP contribution in [0.2, 0.25) is 0 Å². The van der Waals surface area contributed by atoms with Gasteiger partial charge in [-0.2, -0.15) is 0 Å². The Hall–Kier alpha value is -1.06. The van der Waals surface area contributed by atoms with Crippen LogP contribution >= 0.6 is 0 Å². The molecule has 1 heterocycles. The number of ether oxygens (including phenoxy) is 1. The van der Waals surface area contributed by atoms with Gasteiger partial charge in [-0.1, -0.05) is 13.0 Å². The molecule has 1 atom stereocenters. The summed E-state index contributed by atoms with van der Waals surface area (Å²) in [5.41, 5.74) is 1.44. The van der Waals surface area contributed by atoms with Crippen LogP contribution < -0.4 is 10.1 Å². The average Bonchev–Trinajstić information content (AvgIpc) is 2.38. The molecule has 3 nitrogen and oxygen atoms in total. The number of hydrogen-bond donors (Lipinski definition) is 2. The van der Waals surface area contributed by atoms with Gasteiger partial charge in [-0.05, 0) is 49.1 Å². The minimum absolute atomic E-state index is 0.641. The molecular formula is C14H21NO2. The third kappa shape index (κ3) is 2.45. The Morgan fingerprint density at radius 3 is 2.88 bits per heavy atom.